The Morgan fingerprint density at radius 3 is 1.93 bits per heavy atom. The highest BCUT2D eigenvalue weighted by atomic mass is 28.3. The van der Waals surface area contributed by atoms with E-state index in [1.807, 2.05) is 69.3 Å². The predicted molar refractivity (Wildman–Crippen MR) is 113 cm³/mol. The molecule has 28 heavy (non-hydrogen) atoms. The Hall–Kier alpha value is -2.76. The van der Waals surface area contributed by atoms with Crippen molar-refractivity contribution in [3.05, 3.63) is 89.7 Å². The van der Waals surface area contributed by atoms with E-state index in [1.54, 1.807) is 0 Å². The van der Waals surface area contributed by atoms with Gasteiger partial charge in [0.05, 0.1) is 6.61 Å². The van der Waals surface area contributed by atoms with E-state index in [9.17, 15) is 9.90 Å². The Bertz CT molecular complexity index is 898. The molecule has 0 bridgehead atoms. The van der Waals surface area contributed by atoms with Gasteiger partial charge in [0, 0.05) is 16.7 Å². The second-order valence-corrected chi connectivity index (χ2v) is 9.71. The Morgan fingerprint density at radius 2 is 1.46 bits per heavy atom. The van der Waals surface area contributed by atoms with Crippen LogP contribution >= 0.6 is 0 Å². The van der Waals surface area contributed by atoms with Crippen molar-refractivity contribution in [2.45, 2.75) is 32.8 Å². The van der Waals surface area contributed by atoms with Crippen LogP contribution in [0.1, 0.15) is 42.5 Å². The molecular formula is C23H24NO3Si. The van der Waals surface area contributed by atoms with Gasteiger partial charge in [-0.25, -0.2) is 9.78 Å². The first kappa shape index (κ1) is 20.0. The van der Waals surface area contributed by atoms with Gasteiger partial charge in [-0.2, -0.15) is 0 Å². The first-order valence-electron chi connectivity index (χ1n) is 9.20. The molecule has 0 atom stereocenters. The van der Waals surface area contributed by atoms with Crippen molar-refractivity contribution in [2.75, 3.05) is 0 Å². The van der Waals surface area contributed by atoms with Gasteiger partial charge in [-0.15, -0.1) is 0 Å². The molecule has 143 valence electrons. The Kier molecular flexibility index (Phi) is 6.07. The summed E-state index contributed by atoms with van der Waals surface area (Å²) in [6.45, 7) is 6.26. The third kappa shape index (κ3) is 4.74. The lowest BCUT2D eigenvalue weighted by Gasteiger charge is -2.20. The monoisotopic (exact) mass is 390 g/mol. The number of carboxylic acid groups (broad SMARTS) is 1. The molecule has 1 aromatic heterocycles. The number of nitrogens with zero attached hydrogens (tertiary/aromatic N) is 1. The molecule has 4 nitrogen and oxygen atoms in total. The van der Waals surface area contributed by atoms with E-state index < -0.39 is 15.0 Å². The highest BCUT2D eigenvalue weighted by Gasteiger charge is 2.23. The first-order valence-corrected chi connectivity index (χ1v) is 10.6. The number of hydrogen-bond donors (Lipinski definition) is 1. The van der Waals surface area contributed by atoms with Crippen molar-refractivity contribution in [1.82, 2.24) is 4.98 Å². The molecule has 5 heteroatoms. The smallest absolute Gasteiger partial charge is 0.354 e. The van der Waals surface area contributed by atoms with E-state index in [4.69, 9.17) is 4.43 Å². The minimum absolute atomic E-state index is 0.0647. The summed E-state index contributed by atoms with van der Waals surface area (Å²) in [7, 11) is -1.50. The van der Waals surface area contributed by atoms with E-state index >= 15 is 0 Å². The van der Waals surface area contributed by atoms with Gasteiger partial charge in [0.15, 0.2) is 5.69 Å². The molecule has 1 heterocycles. The van der Waals surface area contributed by atoms with Gasteiger partial charge in [0.1, 0.15) is 0 Å². The van der Waals surface area contributed by atoms with E-state index in [-0.39, 0.29) is 17.7 Å². The largest absolute Gasteiger partial charge is 0.477 e. The van der Waals surface area contributed by atoms with Crippen molar-refractivity contribution in [2.24, 2.45) is 0 Å². The van der Waals surface area contributed by atoms with E-state index in [1.165, 1.54) is 0 Å². The Labute approximate surface area is 167 Å². The molecule has 0 aliphatic heterocycles. The lowest BCUT2D eigenvalue weighted by molar-refractivity contribution is 0.0686. The standard InChI is InChI=1S/C23H24NO3Si/c1-23(2,3)20-15-14-17(21(24-20)22(25)26)16-27-28(18-10-6-4-7-11-18)19-12-8-5-9-13-19/h4-15H,16H2,1-3H3,(H,25,26). The fourth-order valence-corrected chi connectivity index (χ4v) is 4.83. The van der Waals surface area contributed by atoms with Crippen LogP contribution in [-0.2, 0) is 16.4 Å². The molecular weight excluding hydrogens is 366 g/mol. The van der Waals surface area contributed by atoms with Crippen LogP contribution in [0.4, 0.5) is 0 Å². The maximum atomic E-state index is 11.8. The summed E-state index contributed by atoms with van der Waals surface area (Å²) in [6.07, 6.45) is 0. The molecule has 3 aromatic rings. The van der Waals surface area contributed by atoms with Gasteiger partial charge in [-0.3, -0.25) is 0 Å². The minimum Gasteiger partial charge on any atom is -0.477 e. The molecule has 0 amide bonds. The molecule has 1 radical (unpaired) electrons. The minimum atomic E-state index is -1.50. The Balaban J connectivity index is 1.91. The topological polar surface area (TPSA) is 59.4 Å². The van der Waals surface area contributed by atoms with Gasteiger partial charge >= 0.3 is 5.97 Å². The van der Waals surface area contributed by atoms with Gasteiger partial charge < -0.3 is 9.53 Å². The van der Waals surface area contributed by atoms with E-state index in [2.05, 4.69) is 29.2 Å². The first-order chi connectivity index (χ1) is 13.4. The second-order valence-electron chi connectivity index (χ2n) is 7.61. The maximum absolute atomic E-state index is 11.8. The zero-order chi connectivity index (χ0) is 20.1. The zero-order valence-electron chi connectivity index (χ0n) is 16.3. The quantitative estimate of drug-likeness (QED) is 0.656. The third-order valence-corrected chi connectivity index (χ3v) is 6.54. The highest BCUT2D eigenvalue weighted by Crippen LogP contribution is 2.22. The van der Waals surface area contributed by atoms with Crippen molar-refractivity contribution in [1.29, 1.82) is 0 Å². The maximum Gasteiger partial charge on any atom is 0.354 e. The lowest BCUT2D eigenvalue weighted by Crippen LogP contribution is -2.44. The average molecular weight is 391 g/mol. The van der Waals surface area contributed by atoms with Crippen molar-refractivity contribution < 1.29 is 14.3 Å². The van der Waals surface area contributed by atoms with Gasteiger partial charge in [-0.05, 0) is 16.4 Å². The molecule has 0 saturated heterocycles. The van der Waals surface area contributed by atoms with E-state index in [0.29, 0.717) is 5.56 Å². The Morgan fingerprint density at radius 1 is 0.929 bits per heavy atom. The number of pyridine rings is 1. The summed E-state index contributed by atoms with van der Waals surface area (Å²) in [4.78, 5) is 16.2. The van der Waals surface area contributed by atoms with Crippen LogP contribution in [0.15, 0.2) is 72.8 Å². The molecule has 1 N–H and O–H groups in total. The number of carbonyl (C=O) groups is 1. The second kappa shape index (κ2) is 8.50. The van der Waals surface area contributed by atoms with Crippen molar-refractivity contribution >= 4 is 25.4 Å². The van der Waals surface area contributed by atoms with Crippen LogP contribution in [0.3, 0.4) is 0 Å². The van der Waals surface area contributed by atoms with Crippen LogP contribution in [0.5, 0.6) is 0 Å². The molecule has 3 rings (SSSR count). The normalized spacial score (nSPS) is 11.6. The summed E-state index contributed by atoms with van der Waals surface area (Å²) in [6, 6.07) is 23.9. The number of carboxylic acids is 1. The van der Waals surface area contributed by atoms with Gasteiger partial charge in [-0.1, -0.05) is 87.5 Å². The number of benzene rings is 2. The predicted octanol–water partition coefficient (Wildman–Crippen LogP) is 3.40. The fraction of sp³-hybridized carbons (Fsp3) is 0.217. The van der Waals surface area contributed by atoms with Crippen LogP contribution < -0.4 is 10.4 Å². The highest BCUT2D eigenvalue weighted by molar-refractivity contribution is 6.80. The number of aromatic carboxylic acids is 1. The summed E-state index contributed by atoms with van der Waals surface area (Å²) >= 11 is 0. The van der Waals surface area contributed by atoms with E-state index in [0.717, 1.165) is 16.1 Å². The molecule has 0 aliphatic rings. The summed E-state index contributed by atoms with van der Waals surface area (Å²) in [5.74, 6) is -1.03. The number of hydrogen-bond acceptors (Lipinski definition) is 3. The molecule has 0 fully saturated rings. The van der Waals surface area contributed by atoms with Crippen LogP contribution in [0, 0.1) is 0 Å². The molecule has 0 unspecified atom stereocenters. The lowest BCUT2D eigenvalue weighted by atomic mass is 9.91. The zero-order valence-corrected chi connectivity index (χ0v) is 17.3. The van der Waals surface area contributed by atoms with Gasteiger partial charge in [0.2, 0.25) is 0 Å². The molecule has 0 spiro atoms. The molecule has 2 aromatic carbocycles. The van der Waals surface area contributed by atoms with Gasteiger partial charge in [0.25, 0.3) is 9.04 Å². The van der Waals surface area contributed by atoms with Crippen molar-refractivity contribution in [3.8, 4) is 0 Å². The molecule has 0 saturated carbocycles. The summed E-state index contributed by atoms with van der Waals surface area (Å²) < 4.78 is 6.32. The van der Waals surface area contributed by atoms with Crippen molar-refractivity contribution in [3.63, 3.8) is 0 Å². The van der Waals surface area contributed by atoms with Crippen LogP contribution in [0.2, 0.25) is 0 Å². The number of rotatable bonds is 6. The number of aromatic nitrogens is 1. The summed E-state index contributed by atoms with van der Waals surface area (Å²) in [5, 5.41) is 11.9. The van der Waals surface area contributed by atoms with Crippen LogP contribution in [0.25, 0.3) is 0 Å². The molecule has 0 aliphatic carbocycles. The van der Waals surface area contributed by atoms with Crippen LogP contribution in [-0.4, -0.2) is 25.1 Å². The third-order valence-electron chi connectivity index (χ3n) is 4.39. The fourth-order valence-electron chi connectivity index (χ4n) is 2.87. The average Bonchev–Trinajstić information content (AvgIpc) is 2.69. The SMILES string of the molecule is CC(C)(C)c1ccc(CO[Si](c2ccccc2)c2ccccc2)c(C(=O)O)n1. The summed E-state index contributed by atoms with van der Waals surface area (Å²) in [5.41, 5.74) is 1.20.